The van der Waals surface area contributed by atoms with Crippen LogP contribution in [0.5, 0.6) is 0 Å². The summed E-state index contributed by atoms with van der Waals surface area (Å²) in [6, 6.07) is 18.2. The van der Waals surface area contributed by atoms with Crippen LogP contribution < -0.4 is 4.31 Å². The van der Waals surface area contributed by atoms with E-state index in [9.17, 15) is 23.4 Å². The number of para-hydroxylation sites is 1. The molecule has 1 aliphatic heterocycles. The van der Waals surface area contributed by atoms with Gasteiger partial charge in [-0.05, 0) is 66.8 Å². The molecular weight excluding hydrogens is 630 g/mol. The monoisotopic (exact) mass is 664 g/mol. The number of nitrogens with zero attached hydrogens (tertiary/aromatic N) is 2. The Bertz CT molecular complexity index is 1570. The number of carbonyl (C=O) groups is 1. The summed E-state index contributed by atoms with van der Waals surface area (Å²) in [4.78, 5) is 16.0. The lowest BCUT2D eigenvalue weighted by molar-refractivity contribution is -0.183. The minimum atomic E-state index is -3.94. The first-order valence-electron chi connectivity index (χ1n) is 14.6. The summed E-state index contributed by atoms with van der Waals surface area (Å²) in [5, 5.41) is 20.3. The number of benzene rings is 3. The molecule has 1 saturated heterocycles. The predicted octanol–water partition coefficient (Wildman–Crippen LogP) is 5.66. The van der Waals surface area contributed by atoms with Crippen LogP contribution in [0.3, 0.4) is 0 Å². The molecule has 44 heavy (non-hydrogen) atoms. The first-order valence-corrected chi connectivity index (χ1v) is 16.8. The van der Waals surface area contributed by atoms with E-state index in [4.69, 9.17) is 27.9 Å². The van der Waals surface area contributed by atoms with Gasteiger partial charge in [0.1, 0.15) is 18.0 Å². The molecule has 5 atom stereocenters. The molecule has 3 aromatic rings. The number of hydrogen-bond acceptors (Lipinski definition) is 6. The fourth-order valence-corrected chi connectivity index (χ4v) is 7.95. The van der Waals surface area contributed by atoms with E-state index in [1.54, 1.807) is 53.4 Å². The summed E-state index contributed by atoms with van der Waals surface area (Å²) in [5.41, 5.74) is 1.25. The molecule has 0 bridgehead atoms. The Kier molecular flexibility index (Phi) is 10.2. The number of aliphatic hydroxyl groups excluding tert-OH is 2. The molecular formula is C32H35Cl2FN2O6S. The molecule has 0 aromatic heterocycles. The smallest absolute Gasteiger partial charge is 0.252 e. The molecule has 0 unspecified atom stereocenters. The number of ether oxygens (including phenoxy) is 1. The second kappa shape index (κ2) is 13.7. The standard InChI is InChI=1S/C32H35Cl2FN2O6S/c1-2-24(18-36(44(41,42)26-14-15-26)28-9-4-3-8-27(28)35)37-30(20-10-12-22(33)13-11-20)31(21-6-5-7-23(34)16-21)43-29(32(37)40)17-25(39)19-38/h3-13,16,24-26,29-31,38-39H,2,14-15,17-19H2,1H3/t24-,25+,29-,30-,31-/m1/s1. The molecule has 0 spiro atoms. The van der Waals surface area contributed by atoms with Gasteiger partial charge >= 0.3 is 0 Å². The lowest BCUT2D eigenvalue weighted by atomic mass is 9.89. The van der Waals surface area contributed by atoms with Crippen LogP contribution in [-0.2, 0) is 19.6 Å². The van der Waals surface area contributed by atoms with Crippen LogP contribution in [0, 0.1) is 5.82 Å². The van der Waals surface area contributed by atoms with Crippen molar-refractivity contribution in [2.24, 2.45) is 0 Å². The van der Waals surface area contributed by atoms with Crippen molar-refractivity contribution in [3.05, 3.63) is 99.8 Å². The van der Waals surface area contributed by atoms with Gasteiger partial charge in [-0.2, -0.15) is 0 Å². The van der Waals surface area contributed by atoms with Crippen molar-refractivity contribution < 1.29 is 32.6 Å². The van der Waals surface area contributed by atoms with Crippen LogP contribution in [0.15, 0.2) is 72.8 Å². The largest absolute Gasteiger partial charge is 0.394 e. The SMILES string of the molecule is CC[C@H](CN(c1ccccc1F)S(=O)(=O)C1CC1)N1C(=O)[C@@H](C[C@H](O)CO)O[C@H](c2cccc(Cl)c2)[C@H]1c1ccc(Cl)cc1. The number of halogens is 3. The van der Waals surface area contributed by atoms with Crippen LogP contribution in [0.4, 0.5) is 10.1 Å². The van der Waals surface area contributed by atoms with E-state index < -0.39 is 64.0 Å². The summed E-state index contributed by atoms with van der Waals surface area (Å²) in [7, 11) is -3.94. The highest BCUT2D eigenvalue weighted by Gasteiger charge is 2.49. The zero-order chi connectivity index (χ0) is 31.6. The van der Waals surface area contributed by atoms with Gasteiger partial charge in [-0.15, -0.1) is 0 Å². The Morgan fingerprint density at radius 3 is 2.34 bits per heavy atom. The normalized spacial score (nSPS) is 22.1. The highest BCUT2D eigenvalue weighted by Crippen LogP contribution is 2.45. The van der Waals surface area contributed by atoms with Gasteiger partial charge < -0.3 is 19.8 Å². The molecule has 2 aliphatic rings. The zero-order valence-electron chi connectivity index (χ0n) is 24.1. The van der Waals surface area contributed by atoms with Gasteiger partial charge in [0.2, 0.25) is 10.0 Å². The van der Waals surface area contributed by atoms with Gasteiger partial charge in [0, 0.05) is 16.5 Å². The van der Waals surface area contributed by atoms with Gasteiger partial charge in [-0.1, -0.05) is 66.5 Å². The minimum absolute atomic E-state index is 0.0831. The third-order valence-corrected chi connectivity index (χ3v) is 10.9. The zero-order valence-corrected chi connectivity index (χ0v) is 26.4. The fraction of sp³-hybridized carbons (Fsp3) is 0.406. The maximum absolute atomic E-state index is 15.2. The number of aliphatic hydroxyl groups is 2. The van der Waals surface area contributed by atoms with Gasteiger partial charge in [-0.3, -0.25) is 9.10 Å². The number of carbonyl (C=O) groups excluding carboxylic acids is 1. The Labute approximate surface area is 267 Å². The van der Waals surface area contributed by atoms with Crippen molar-refractivity contribution in [3.63, 3.8) is 0 Å². The number of amides is 1. The van der Waals surface area contributed by atoms with E-state index in [1.807, 2.05) is 13.0 Å². The summed E-state index contributed by atoms with van der Waals surface area (Å²) in [6.45, 7) is 1.05. The van der Waals surface area contributed by atoms with E-state index in [0.29, 0.717) is 40.4 Å². The van der Waals surface area contributed by atoms with E-state index in [2.05, 4.69) is 0 Å². The number of anilines is 1. The van der Waals surface area contributed by atoms with Crippen molar-refractivity contribution in [1.29, 1.82) is 0 Å². The van der Waals surface area contributed by atoms with E-state index >= 15 is 4.39 Å². The van der Waals surface area contributed by atoms with E-state index in [0.717, 1.165) is 4.31 Å². The van der Waals surface area contributed by atoms with Crippen LogP contribution in [0.1, 0.15) is 55.9 Å². The second-order valence-electron chi connectivity index (χ2n) is 11.2. The van der Waals surface area contributed by atoms with Crippen LogP contribution in [-0.4, -0.2) is 66.1 Å². The number of sulfonamides is 1. The molecule has 12 heteroatoms. The highest BCUT2D eigenvalue weighted by atomic mass is 35.5. The van der Waals surface area contributed by atoms with Gasteiger partial charge in [-0.25, -0.2) is 12.8 Å². The maximum atomic E-state index is 15.2. The van der Waals surface area contributed by atoms with E-state index in [1.165, 1.54) is 18.2 Å². The highest BCUT2D eigenvalue weighted by molar-refractivity contribution is 7.93. The van der Waals surface area contributed by atoms with Crippen molar-refractivity contribution >= 4 is 44.8 Å². The molecule has 236 valence electrons. The number of hydrogen-bond donors (Lipinski definition) is 2. The number of morpholine rings is 1. The lowest BCUT2D eigenvalue weighted by Gasteiger charge is -2.49. The maximum Gasteiger partial charge on any atom is 0.252 e. The molecule has 5 rings (SSSR count). The minimum Gasteiger partial charge on any atom is -0.394 e. The molecule has 3 aromatic carbocycles. The summed E-state index contributed by atoms with van der Waals surface area (Å²) in [6.07, 6.45) is -2.11. The van der Waals surface area contributed by atoms with Gasteiger partial charge in [0.25, 0.3) is 5.91 Å². The van der Waals surface area contributed by atoms with Gasteiger partial charge in [0.05, 0.1) is 42.3 Å². The average molecular weight is 666 g/mol. The fourth-order valence-electron chi connectivity index (χ4n) is 5.73. The molecule has 2 N–H and O–H groups in total. The molecule has 0 radical (unpaired) electrons. The number of rotatable bonds is 12. The molecule has 1 saturated carbocycles. The van der Waals surface area contributed by atoms with Gasteiger partial charge in [0.15, 0.2) is 0 Å². The molecule has 2 fully saturated rings. The summed E-state index contributed by atoms with van der Waals surface area (Å²) >= 11 is 12.6. The Balaban J connectivity index is 1.65. The Hall–Kier alpha value is -2.73. The molecule has 1 aliphatic carbocycles. The quantitative estimate of drug-likeness (QED) is 0.259. The first-order chi connectivity index (χ1) is 21.0. The van der Waals surface area contributed by atoms with Crippen LogP contribution in [0.2, 0.25) is 10.0 Å². The molecule has 8 nitrogen and oxygen atoms in total. The molecule has 1 heterocycles. The predicted molar refractivity (Wildman–Crippen MR) is 168 cm³/mol. The van der Waals surface area contributed by atoms with Crippen molar-refractivity contribution in [2.45, 2.75) is 68.3 Å². The second-order valence-corrected chi connectivity index (χ2v) is 14.2. The Morgan fingerprint density at radius 1 is 1.02 bits per heavy atom. The summed E-state index contributed by atoms with van der Waals surface area (Å²) < 4.78 is 50.2. The summed E-state index contributed by atoms with van der Waals surface area (Å²) in [5.74, 6) is -1.17. The third-order valence-electron chi connectivity index (χ3n) is 8.13. The molecule has 1 amide bonds. The average Bonchev–Trinajstić information content (AvgIpc) is 3.86. The van der Waals surface area contributed by atoms with E-state index in [-0.39, 0.29) is 18.7 Å². The Morgan fingerprint density at radius 2 is 1.73 bits per heavy atom. The first kappa shape index (κ1) is 32.7. The lowest BCUT2D eigenvalue weighted by Crippen LogP contribution is -2.58. The van der Waals surface area contributed by atoms with Crippen molar-refractivity contribution in [3.8, 4) is 0 Å². The van der Waals surface area contributed by atoms with Crippen molar-refractivity contribution in [1.82, 2.24) is 4.90 Å². The van der Waals surface area contributed by atoms with Crippen LogP contribution in [0.25, 0.3) is 0 Å². The third kappa shape index (κ3) is 6.90. The van der Waals surface area contributed by atoms with Crippen LogP contribution >= 0.6 is 23.2 Å². The van der Waals surface area contributed by atoms with Crippen molar-refractivity contribution in [2.75, 3.05) is 17.5 Å². The topological polar surface area (TPSA) is 107 Å².